The van der Waals surface area contributed by atoms with Crippen molar-refractivity contribution in [1.29, 1.82) is 0 Å². The molecule has 1 saturated heterocycles. The van der Waals surface area contributed by atoms with Crippen LogP contribution in [0, 0.1) is 5.92 Å². The van der Waals surface area contributed by atoms with E-state index in [2.05, 4.69) is 24.1 Å². The molecule has 0 bridgehead atoms. The summed E-state index contributed by atoms with van der Waals surface area (Å²) in [7, 11) is 0. The fourth-order valence-corrected chi connectivity index (χ4v) is 3.73. The van der Waals surface area contributed by atoms with E-state index in [9.17, 15) is 4.79 Å². The minimum atomic E-state index is 0.105. The van der Waals surface area contributed by atoms with Crippen molar-refractivity contribution < 1.29 is 4.79 Å². The van der Waals surface area contributed by atoms with Crippen molar-refractivity contribution in [3.8, 4) is 0 Å². The van der Waals surface area contributed by atoms with Gasteiger partial charge in [0.2, 0.25) is 5.91 Å². The van der Waals surface area contributed by atoms with Gasteiger partial charge in [-0.2, -0.15) is 0 Å². The summed E-state index contributed by atoms with van der Waals surface area (Å²) in [5.74, 6) is 1.29. The fourth-order valence-electron chi connectivity index (χ4n) is 3.73. The Balaban J connectivity index is 1.79. The van der Waals surface area contributed by atoms with Crippen LogP contribution in [0.3, 0.4) is 0 Å². The van der Waals surface area contributed by atoms with Crippen molar-refractivity contribution >= 4 is 5.91 Å². The van der Waals surface area contributed by atoms with Crippen molar-refractivity contribution in [2.45, 2.75) is 77.3 Å². The third-order valence-corrected chi connectivity index (χ3v) is 4.83. The zero-order chi connectivity index (χ0) is 13.7. The molecule has 1 unspecified atom stereocenters. The molecule has 2 rings (SSSR count). The average Bonchev–Trinajstić information content (AvgIpc) is 2.79. The lowest BCUT2D eigenvalue weighted by Gasteiger charge is -2.34. The SMILES string of the molecule is CCCNC1CCN(C2CCC(CCC)CC2)C1=O. The maximum absolute atomic E-state index is 12.4. The molecular formula is C16H30N2O. The Labute approximate surface area is 118 Å². The van der Waals surface area contributed by atoms with Crippen LogP contribution in [0.25, 0.3) is 0 Å². The summed E-state index contributed by atoms with van der Waals surface area (Å²) in [6, 6.07) is 0.641. The molecule has 19 heavy (non-hydrogen) atoms. The standard InChI is InChI=1S/C16H30N2O/c1-3-5-13-6-8-14(9-7-13)18-12-10-15(16(18)19)17-11-4-2/h13-15,17H,3-12H2,1-2H3. The van der Waals surface area contributed by atoms with Gasteiger partial charge in [0.15, 0.2) is 0 Å². The van der Waals surface area contributed by atoms with Gasteiger partial charge >= 0.3 is 0 Å². The van der Waals surface area contributed by atoms with Crippen molar-refractivity contribution in [3.05, 3.63) is 0 Å². The average molecular weight is 266 g/mol. The second-order valence-electron chi connectivity index (χ2n) is 6.29. The van der Waals surface area contributed by atoms with Crippen LogP contribution in [0.1, 0.15) is 65.2 Å². The number of rotatable bonds is 6. The van der Waals surface area contributed by atoms with Gasteiger partial charge in [-0.25, -0.2) is 0 Å². The van der Waals surface area contributed by atoms with Crippen molar-refractivity contribution in [3.63, 3.8) is 0 Å². The zero-order valence-electron chi connectivity index (χ0n) is 12.7. The van der Waals surface area contributed by atoms with Crippen LogP contribution in [0.15, 0.2) is 0 Å². The lowest BCUT2D eigenvalue weighted by atomic mass is 9.83. The number of hydrogen-bond acceptors (Lipinski definition) is 2. The van der Waals surface area contributed by atoms with Gasteiger partial charge in [-0.3, -0.25) is 4.79 Å². The molecule has 0 aromatic rings. The number of hydrogen-bond donors (Lipinski definition) is 1. The minimum Gasteiger partial charge on any atom is -0.338 e. The molecule has 1 amide bonds. The van der Waals surface area contributed by atoms with Gasteiger partial charge in [0, 0.05) is 12.6 Å². The summed E-state index contributed by atoms with van der Waals surface area (Å²) in [5.41, 5.74) is 0. The molecule has 1 N–H and O–H groups in total. The molecule has 1 heterocycles. The van der Waals surface area contributed by atoms with E-state index in [1.165, 1.54) is 38.5 Å². The van der Waals surface area contributed by atoms with Gasteiger partial charge in [0.1, 0.15) is 0 Å². The van der Waals surface area contributed by atoms with Crippen molar-refractivity contribution in [2.75, 3.05) is 13.1 Å². The zero-order valence-corrected chi connectivity index (χ0v) is 12.7. The van der Waals surface area contributed by atoms with Crippen LogP contribution in [0.2, 0.25) is 0 Å². The lowest BCUT2D eigenvalue weighted by Crippen LogP contribution is -2.44. The molecule has 3 nitrogen and oxygen atoms in total. The molecule has 1 aliphatic carbocycles. The summed E-state index contributed by atoms with van der Waals surface area (Å²) in [4.78, 5) is 14.6. The molecule has 110 valence electrons. The first-order chi connectivity index (χ1) is 9.26. The smallest absolute Gasteiger partial charge is 0.240 e. The normalized spacial score (nSPS) is 32.0. The Hall–Kier alpha value is -0.570. The maximum atomic E-state index is 12.4. The highest BCUT2D eigenvalue weighted by molar-refractivity contribution is 5.84. The molecule has 0 radical (unpaired) electrons. The summed E-state index contributed by atoms with van der Waals surface area (Å²) >= 11 is 0. The number of nitrogens with zero attached hydrogens (tertiary/aromatic N) is 1. The lowest BCUT2D eigenvalue weighted by molar-refractivity contribution is -0.132. The third-order valence-electron chi connectivity index (χ3n) is 4.83. The van der Waals surface area contributed by atoms with Crippen LogP contribution < -0.4 is 5.32 Å². The predicted molar refractivity (Wildman–Crippen MR) is 79.1 cm³/mol. The van der Waals surface area contributed by atoms with Crippen LogP contribution in [-0.4, -0.2) is 36.0 Å². The summed E-state index contributed by atoms with van der Waals surface area (Å²) in [6.07, 6.45) is 9.92. The number of carbonyl (C=O) groups is 1. The van der Waals surface area contributed by atoms with E-state index in [0.717, 1.165) is 31.8 Å². The van der Waals surface area contributed by atoms with E-state index in [0.29, 0.717) is 11.9 Å². The largest absolute Gasteiger partial charge is 0.338 e. The Morgan fingerprint density at radius 3 is 2.47 bits per heavy atom. The Morgan fingerprint density at radius 2 is 1.84 bits per heavy atom. The van der Waals surface area contributed by atoms with E-state index in [1.54, 1.807) is 0 Å². The topological polar surface area (TPSA) is 32.3 Å². The first-order valence-electron chi connectivity index (χ1n) is 8.30. The molecule has 1 aliphatic heterocycles. The number of carbonyl (C=O) groups excluding carboxylic acids is 1. The second kappa shape index (κ2) is 7.28. The molecule has 0 aromatic heterocycles. The highest BCUT2D eigenvalue weighted by Gasteiger charge is 2.36. The number of nitrogens with one attached hydrogen (secondary N) is 1. The molecule has 2 aliphatic rings. The molecule has 0 spiro atoms. The monoisotopic (exact) mass is 266 g/mol. The van der Waals surface area contributed by atoms with E-state index in [-0.39, 0.29) is 6.04 Å². The minimum absolute atomic E-state index is 0.105. The van der Waals surface area contributed by atoms with Crippen LogP contribution >= 0.6 is 0 Å². The Bertz CT molecular complexity index is 284. The van der Waals surface area contributed by atoms with Gasteiger partial charge in [0.05, 0.1) is 6.04 Å². The predicted octanol–water partition coefficient (Wildman–Crippen LogP) is 2.95. The highest BCUT2D eigenvalue weighted by atomic mass is 16.2. The first kappa shape index (κ1) is 14.8. The van der Waals surface area contributed by atoms with Crippen molar-refractivity contribution in [1.82, 2.24) is 10.2 Å². The van der Waals surface area contributed by atoms with Crippen LogP contribution in [-0.2, 0) is 4.79 Å². The van der Waals surface area contributed by atoms with Gasteiger partial charge in [0.25, 0.3) is 0 Å². The quantitative estimate of drug-likeness (QED) is 0.801. The van der Waals surface area contributed by atoms with Gasteiger partial charge < -0.3 is 10.2 Å². The molecule has 3 heteroatoms. The van der Waals surface area contributed by atoms with E-state index in [4.69, 9.17) is 0 Å². The van der Waals surface area contributed by atoms with Crippen molar-refractivity contribution in [2.24, 2.45) is 5.92 Å². The first-order valence-corrected chi connectivity index (χ1v) is 8.30. The Morgan fingerprint density at radius 1 is 1.11 bits per heavy atom. The van der Waals surface area contributed by atoms with Gasteiger partial charge in [-0.05, 0) is 51.0 Å². The van der Waals surface area contributed by atoms with E-state index < -0.39 is 0 Å². The van der Waals surface area contributed by atoms with Crippen LogP contribution in [0.5, 0.6) is 0 Å². The van der Waals surface area contributed by atoms with E-state index >= 15 is 0 Å². The van der Waals surface area contributed by atoms with Gasteiger partial charge in [-0.1, -0.05) is 26.7 Å². The fraction of sp³-hybridized carbons (Fsp3) is 0.938. The molecule has 1 atom stereocenters. The Kier molecular flexibility index (Phi) is 5.68. The number of likely N-dealkylation sites (tertiary alicyclic amines) is 1. The number of amides is 1. The highest BCUT2D eigenvalue weighted by Crippen LogP contribution is 2.32. The van der Waals surface area contributed by atoms with Gasteiger partial charge in [-0.15, -0.1) is 0 Å². The second-order valence-corrected chi connectivity index (χ2v) is 6.29. The maximum Gasteiger partial charge on any atom is 0.240 e. The summed E-state index contributed by atoms with van der Waals surface area (Å²) in [6.45, 7) is 6.37. The summed E-state index contributed by atoms with van der Waals surface area (Å²) in [5, 5.41) is 3.39. The molecule has 2 fully saturated rings. The summed E-state index contributed by atoms with van der Waals surface area (Å²) < 4.78 is 0. The molecule has 0 aromatic carbocycles. The van der Waals surface area contributed by atoms with E-state index in [1.807, 2.05) is 0 Å². The molecule has 1 saturated carbocycles. The van der Waals surface area contributed by atoms with Crippen LogP contribution in [0.4, 0.5) is 0 Å². The molecular weight excluding hydrogens is 236 g/mol. The third kappa shape index (κ3) is 3.71.